The van der Waals surface area contributed by atoms with E-state index in [1.807, 2.05) is 24.3 Å². The molecular weight excluding hydrogens is 574 g/mol. The third-order valence-electron chi connectivity index (χ3n) is 6.87. The van der Waals surface area contributed by atoms with E-state index in [-0.39, 0.29) is 44.6 Å². The maximum absolute atomic E-state index is 13.4. The predicted octanol–water partition coefficient (Wildman–Crippen LogP) is -1.38. The summed E-state index contributed by atoms with van der Waals surface area (Å²) in [7, 11) is 0. The lowest BCUT2D eigenvalue weighted by atomic mass is 10.0. The van der Waals surface area contributed by atoms with Crippen LogP contribution in [0.2, 0.25) is 0 Å². The number of carbonyl (C=O) groups is 5. The second kappa shape index (κ2) is 18.1. The van der Waals surface area contributed by atoms with E-state index in [4.69, 9.17) is 22.9 Å². The van der Waals surface area contributed by atoms with Gasteiger partial charge in [0, 0.05) is 30.1 Å². The summed E-state index contributed by atoms with van der Waals surface area (Å²) >= 11 is 0. The minimum absolute atomic E-state index is 0.0538. The van der Waals surface area contributed by atoms with Crippen LogP contribution in [0.3, 0.4) is 0 Å². The SMILES string of the molecule is NCCCCC(NC(=O)C(CCC(=O)O)NC(=O)C(CCCN=C(N)N)NC(=O)C(N)Cc1c[nH]c2ccccc12)C(=O)O. The van der Waals surface area contributed by atoms with Crippen LogP contribution in [0.4, 0.5) is 0 Å². The van der Waals surface area contributed by atoms with Crippen molar-refractivity contribution in [1.82, 2.24) is 20.9 Å². The van der Waals surface area contributed by atoms with Crippen molar-refractivity contribution >= 4 is 46.5 Å². The molecule has 16 heteroatoms. The smallest absolute Gasteiger partial charge is 0.326 e. The first kappa shape index (κ1) is 35.5. The highest BCUT2D eigenvalue weighted by atomic mass is 16.4. The van der Waals surface area contributed by atoms with Gasteiger partial charge in [-0.05, 0) is 63.1 Å². The summed E-state index contributed by atoms with van der Waals surface area (Å²) in [6.07, 6.45) is 2.50. The first-order valence-electron chi connectivity index (χ1n) is 14.3. The molecule has 0 saturated heterocycles. The molecule has 0 spiro atoms. The van der Waals surface area contributed by atoms with Gasteiger partial charge in [-0.15, -0.1) is 0 Å². The largest absolute Gasteiger partial charge is 0.481 e. The summed E-state index contributed by atoms with van der Waals surface area (Å²) in [5.74, 6) is -4.95. The number of nitrogens with zero attached hydrogens (tertiary/aromatic N) is 1. The van der Waals surface area contributed by atoms with Crippen LogP contribution < -0.4 is 38.9 Å². The van der Waals surface area contributed by atoms with E-state index in [9.17, 15) is 34.2 Å². The Morgan fingerprint density at radius 1 is 0.841 bits per heavy atom. The number of carboxylic acids is 2. The Morgan fingerprint density at radius 2 is 1.45 bits per heavy atom. The Kier molecular flexibility index (Phi) is 14.6. The number of carbonyl (C=O) groups excluding carboxylic acids is 3. The number of hydrogen-bond acceptors (Lipinski definition) is 8. The molecule has 0 aliphatic carbocycles. The number of para-hydroxylation sites is 1. The summed E-state index contributed by atoms with van der Waals surface area (Å²) in [5, 5.41) is 27.1. The van der Waals surface area contributed by atoms with Gasteiger partial charge in [0.2, 0.25) is 17.7 Å². The maximum atomic E-state index is 13.4. The van der Waals surface area contributed by atoms with Crippen molar-refractivity contribution < 1.29 is 34.2 Å². The van der Waals surface area contributed by atoms with E-state index in [1.54, 1.807) is 6.20 Å². The molecule has 1 aromatic heterocycles. The Bertz CT molecular complexity index is 1310. The predicted molar refractivity (Wildman–Crippen MR) is 163 cm³/mol. The lowest BCUT2D eigenvalue weighted by Gasteiger charge is -2.25. The van der Waals surface area contributed by atoms with Crippen LogP contribution in [0.15, 0.2) is 35.5 Å². The van der Waals surface area contributed by atoms with E-state index < -0.39 is 60.2 Å². The summed E-state index contributed by atoms with van der Waals surface area (Å²) in [6, 6.07) is 2.62. The number of fused-ring (bicyclic) bond motifs is 1. The van der Waals surface area contributed by atoms with Crippen LogP contribution in [0.1, 0.15) is 50.5 Å². The van der Waals surface area contributed by atoms with Gasteiger partial charge in [-0.1, -0.05) is 18.2 Å². The number of rotatable bonds is 20. The molecule has 4 unspecified atom stereocenters. The van der Waals surface area contributed by atoms with E-state index in [0.717, 1.165) is 16.5 Å². The molecule has 0 aliphatic heterocycles. The topological polar surface area (TPSA) is 294 Å². The highest BCUT2D eigenvalue weighted by Gasteiger charge is 2.30. The molecule has 2 rings (SSSR count). The molecule has 0 bridgehead atoms. The average Bonchev–Trinajstić information content (AvgIpc) is 3.38. The summed E-state index contributed by atoms with van der Waals surface area (Å²) in [6.45, 7) is 0.495. The standard InChI is InChI=1S/C28H43N9O7/c29-12-4-3-8-22(27(43)44)37-26(42)21(10-11-23(38)39)36-25(41)20(9-5-13-33-28(31)32)35-24(40)18(30)14-16-15-34-19-7-2-1-6-17(16)19/h1-2,6-7,15,18,20-22,34H,3-5,8-14,29-30H2,(H,35,40)(H,36,41)(H,37,42)(H,38,39)(H,43,44)(H4,31,32,33). The summed E-state index contributed by atoms with van der Waals surface area (Å²) in [4.78, 5) is 69.5. The summed E-state index contributed by atoms with van der Waals surface area (Å²) < 4.78 is 0. The van der Waals surface area contributed by atoms with Gasteiger partial charge in [0.15, 0.2) is 5.96 Å². The normalized spacial score (nSPS) is 13.7. The Labute approximate surface area is 254 Å². The molecule has 0 radical (unpaired) electrons. The third-order valence-corrected chi connectivity index (χ3v) is 6.87. The number of H-pyrrole nitrogens is 1. The highest BCUT2D eigenvalue weighted by molar-refractivity contribution is 5.94. The van der Waals surface area contributed by atoms with Gasteiger partial charge in [0.25, 0.3) is 0 Å². The van der Waals surface area contributed by atoms with Crippen molar-refractivity contribution in [2.75, 3.05) is 13.1 Å². The van der Waals surface area contributed by atoms with Crippen LogP contribution in [-0.4, -0.2) is 88.1 Å². The number of benzene rings is 1. The highest BCUT2D eigenvalue weighted by Crippen LogP contribution is 2.19. The number of carboxylic acid groups (broad SMARTS) is 2. The number of aromatic nitrogens is 1. The second-order valence-electron chi connectivity index (χ2n) is 10.4. The van der Waals surface area contributed by atoms with Gasteiger partial charge >= 0.3 is 11.9 Å². The first-order valence-corrected chi connectivity index (χ1v) is 14.3. The van der Waals surface area contributed by atoms with Crippen LogP contribution in [0.5, 0.6) is 0 Å². The van der Waals surface area contributed by atoms with Crippen LogP contribution in [-0.2, 0) is 30.4 Å². The second-order valence-corrected chi connectivity index (χ2v) is 10.4. The van der Waals surface area contributed by atoms with Crippen LogP contribution in [0, 0.1) is 0 Å². The van der Waals surface area contributed by atoms with Gasteiger partial charge in [0.05, 0.1) is 6.04 Å². The molecule has 14 N–H and O–H groups in total. The molecular formula is C28H43N9O7. The van der Waals surface area contributed by atoms with Crippen molar-refractivity contribution in [3.05, 3.63) is 36.0 Å². The molecule has 4 atom stereocenters. The molecule has 0 fully saturated rings. The monoisotopic (exact) mass is 617 g/mol. The number of unbranched alkanes of at least 4 members (excludes halogenated alkanes) is 1. The van der Waals surface area contributed by atoms with Crippen molar-refractivity contribution in [1.29, 1.82) is 0 Å². The van der Waals surface area contributed by atoms with Crippen molar-refractivity contribution in [2.45, 2.75) is 75.5 Å². The zero-order valence-electron chi connectivity index (χ0n) is 24.5. The molecule has 1 aromatic carbocycles. The van der Waals surface area contributed by atoms with Gasteiger partial charge in [-0.2, -0.15) is 0 Å². The molecule has 0 aliphatic rings. The molecule has 0 saturated carbocycles. The minimum atomic E-state index is -1.40. The summed E-state index contributed by atoms with van der Waals surface area (Å²) in [5.41, 5.74) is 24.1. The molecule has 44 heavy (non-hydrogen) atoms. The zero-order chi connectivity index (χ0) is 32.6. The quantitative estimate of drug-likeness (QED) is 0.0469. The fourth-order valence-electron chi connectivity index (χ4n) is 4.51. The number of nitrogens with two attached hydrogens (primary N) is 4. The number of aliphatic imine (C=N–C) groups is 1. The number of aromatic amines is 1. The fraction of sp³-hybridized carbons (Fsp3) is 0.500. The van der Waals surface area contributed by atoms with Crippen molar-refractivity contribution in [3.8, 4) is 0 Å². The number of hydrogen-bond donors (Lipinski definition) is 10. The minimum Gasteiger partial charge on any atom is -0.481 e. The van der Waals surface area contributed by atoms with Gasteiger partial charge in [-0.3, -0.25) is 24.2 Å². The first-order chi connectivity index (χ1) is 20.9. The van der Waals surface area contributed by atoms with Gasteiger partial charge in [0.1, 0.15) is 18.1 Å². The van der Waals surface area contributed by atoms with E-state index in [0.29, 0.717) is 19.4 Å². The Morgan fingerprint density at radius 3 is 2.09 bits per heavy atom. The molecule has 3 amide bonds. The van der Waals surface area contributed by atoms with E-state index in [1.165, 1.54) is 0 Å². The molecule has 1 heterocycles. The van der Waals surface area contributed by atoms with Crippen LogP contribution >= 0.6 is 0 Å². The fourth-order valence-corrected chi connectivity index (χ4v) is 4.51. The van der Waals surface area contributed by atoms with E-state index in [2.05, 4.69) is 25.9 Å². The van der Waals surface area contributed by atoms with E-state index >= 15 is 0 Å². The lowest BCUT2D eigenvalue weighted by Crippen LogP contribution is -2.57. The maximum Gasteiger partial charge on any atom is 0.326 e. The Balaban J connectivity index is 2.18. The number of guanidine groups is 1. The lowest BCUT2D eigenvalue weighted by molar-refractivity contribution is -0.143. The van der Waals surface area contributed by atoms with Gasteiger partial charge in [-0.25, -0.2) is 4.79 Å². The molecule has 242 valence electrons. The number of amides is 3. The number of nitrogens with one attached hydrogen (secondary N) is 4. The van der Waals surface area contributed by atoms with Crippen LogP contribution in [0.25, 0.3) is 10.9 Å². The Hall–Kier alpha value is -4.70. The zero-order valence-corrected chi connectivity index (χ0v) is 24.5. The number of aliphatic carboxylic acids is 2. The molecule has 2 aromatic rings. The van der Waals surface area contributed by atoms with Gasteiger partial charge < -0.3 is 54.1 Å². The van der Waals surface area contributed by atoms with Crippen molar-refractivity contribution in [2.24, 2.45) is 27.9 Å². The average molecular weight is 618 g/mol. The molecule has 16 nitrogen and oxygen atoms in total. The van der Waals surface area contributed by atoms with Crippen molar-refractivity contribution in [3.63, 3.8) is 0 Å². The third kappa shape index (κ3) is 11.9.